The van der Waals surface area contributed by atoms with Crippen molar-refractivity contribution in [3.05, 3.63) is 10.6 Å². The summed E-state index contributed by atoms with van der Waals surface area (Å²) in [5.74, 6) is 0.0914. The topological polar surface area (TPSA) is 75.4 Å². The molecular formula is C13H21N5OS. The normalized spacial score (nSPS) is 25.3. The maximum absolute atomic E-state index is 12.4. The Labute approximate surface area is 123 Å². The second-order valence-corrected chi connectivity index (χ2v) is 6.51. The van der Waals surface area contributed by atoms with Crippen LogP contribution >= 0.6 is 11.5 Å². The molecule has 3 heterocycles. The molecule has 2 aliphatic heterocycles. The minimum atomic E-state index is 0.0914. The summed E-state index contributed by atoms with van der Waals surface area (Å²) in [5, 5.41) is 3.92. The number of piperidine rings is 1. The van der Waals surface area contributed by atoms with E-state index >= 15 is 0 Å². The number of aryl methyl sites for hydroxylation is 1. The van der Waals surface area contributed by atoms with E-state index in [9.17, 15) is 4.79 Å². The van der Waals surface area contributed by atoms with Gasteiger partial charge < -0.3 is 10.6 Å². The molecule has 2 saturated heterocycles. The number of rotatable bonds is 2. The third kappa shape index (κ3) is 2.70. The van der Waals surface area contributed by atoms with Crippen molar-refractivity contribution >= 4 is 17.4 Å². The van der Waals surface area contributed by atoms with E-state index in [-0.39, 0.29) is 5.91 Å². The van der Waals surface area contributed by atoms with Gasteiger partial charge in [-0.1, -0.05) is 4.49 Å². The number of aromatic nitrogens is 2. The zero-order valence-electron chi connectivity index (χ0n) is 11.8. The Balaban J connectivity index is 1.59. The number of hydrogen-bond acceptors (Lipinski definition) is 6. The molecule has 20 heavy (non-hydrogen) atoms. The molecule has 1 unspecified atom stereocenters. The molecule has 0 spiro atoms. The summed E-state index contributed by atoms with van der Waals surface area (Å²) in [6.45, 7) is 5.63. The first-order valence-corrected chi connectivity index (χ1v) is 8.00. The van der Waals surface area contributed by atoms with Crippen molar-refractivity contribution in [3.63, 3.8) is 0 Å². The Morgan fingerprint density at radius 3 is 2.70 bits per heavy atom. The van der Waals surface area contributed by atoms with Crippen molar-refractivity contribution in [1.82, 2.24) is 19.4 Å². The van der Waals surface area contributed by atoms with Gasteiger partial charge in [0.05, 0.1) is 5.69 Å². The molecule has 2 aliphatic rings. The number of amides is 1. The van der Waals surface area contributed by atoms with Gasteiger partial charge in [0.1, 0.15) is 4.88 Å². The van der Waals surface area contributed by atoms with Crippen molar-refractivity contribution in [2.24, 2.45) is 5.73 Å². The summed E-state index contributed by atoms with van der Waals surface area (Å²) in [6.07, 6.45) is 3.21. The van der Waals surface area contributed by atoms with E-state index in [0.717, 1.165) is 51.1 Å². The molecule has 7 heteroatoms. The molecule has 0 bridgehead atoms. The van der Waals surface area contributed by atoms with Crippen LogP contribution < -0.4 is 5.73 Å². The third-order valence-corrected chi connectivity index (χ3v) is 5.20. The van der Waals surface area contributed by atoms with E-state index in [1.165, 1.54) is 11.5 Å². The fourth-order valence-electron chi connectivity index (χ4n) is 3.08. The van der Waals surface area contributed by atoms with Crippen molar-refractivity contribution in [2.45, 2.75) is 38.3 Å². The van der Waals surface area contributed by atoms with Gasteiger partial charge in [0, 0.05) is 25.2 Å². The summed E-state index contributed by atoms with van der Waals surface area (Å²) >= 11 is 1.20. The molecule has 6 nitrogen and oxygen atoms in total. The zero-order valence-corrected chi connectivity index (χ0v) is 12.6. The van der Waals surface area contributed by atoms with Gasteiger partial charge >= 0.3 is 0 Å². The molecule has 2 fully saturated rings. The second-order valence-electron chi connectivity index (χ2n) is 5.75. The molecule has 3 rings (SSSR count). The number of nitrogens with two attached hydrogens (primary N) is 1. The van der Waals surface area contributed by atoms with E-state index in [1.54, 1.807) is 0 Å². The first kappa shape index (κ1) is 13.9. The number of likely N-dealkylation sites (tertiary alicyclic amines) is 2. The highest BCUT2D eigenvalue weighted by molar-refractivity contribution is 7.07. The average Bonchev–Trinajstić information content (AvgIpc) is 3.08. The van der Waals surface area contributed by atoms with Gasteiger partial charge in [-0.05, 0) is 50.8 Å². The average molecular weight is 295 g/mol. The molecule has 0 aliphatic carbocycles. The van der Waals surface area contributed by atoms with Crippen LogP contribution in [-0.4, -0.2) is 63.6 Å². The Kier molecular flexibility index (Phi) is 4.00. The standard InChI is InChI=1S/C13H21N5OS/c1-9-12(20-16-15-9)13(19)18-7-4-11(8-18)17-5-2-10(14)3-6-17/h10-11H,2-8,14H2,1H3. The van der Waals surface area contributed by atoms with Gasteiger partial charge in [0.25, 0.3) is 5.91 Å². The van der Waals surface area contributed by atoms with Crippen molar-refractivity contribution in [2.75, 3.05) is 26.2 Å². The fourth-order valence-corrected chi connectivity index (χ4v) is 3.71. The minimum absolute atomic E-state index is 0.0914. The quantitative estimate of drug-likeness (QED) is 0.859. The SMILES string of the molecule is Cc1nnsc1C(=O)N1CCC(N2CCC(N)CC2)C1. The Morgan fingerprint density at radius 2 is 2.05 bits per heavy atom. The van der Waals surface area contributed by atoms with Crippen molar-refractivity contribution < 1.29 is 4.79 Å². The molecule has 1 atom stereocenters. The van der Waals surface area contributed by atoms with E-state index < -0.39 is 0 Å². The van der Waals surface area contributed by atoms with Crippen LogP contribution in [0.2, 0.25) is 0 Å². The lowest BCUT2D eigenvalue weighted by Crippen LogP contribution is -2.46. The van der Waals surface area contributed by atoms with Crippen LogP contribution in [0.4, 0.5) is 0 Å². The maximum atomic E-state index is 12.4. The van der Waals surface area contributed by atoms with Crippen LogP contribution in [-0.2, 0) is 0 Å². The van der Waals surface area contributed by atoms with Gasteiger partial charge in [-0.15, -0.1) is 5.10 Å². The van der Waals surface area contributed by atoms with Crippen LogP contribution in [0.3, 0.4) is 0 Å². The summed E-state index contributed by atoms with van der Waals surface area (Å²) in [4.78, 5) is 17.6. The Bertz CT molecular complexity index is 483. The molecular weight excluding hydrogens is 274 g/mol. The van der Waals surface area contributed by atoms with Gasteiger partial charge in [-0.25, -0.2) is 0 Å². The van der Waals surface area contributed by atoms with E-state index in [4.69, 9.17) is 5.73 Å². The predicted octanol–water partition coefficient (Wildman–Crippen LogP) is 0.484. The molecule has 0 radical (unpaired) electrons. The highest BCUT2D eigenvalue weighted by atomic mass is 32.1. The van der Waals surface area contributed by atoms with E-state index in [2.05, 4.69) is 14.5 Å². The molecule has 1 amide bonds. The highest BCUT2D eigenvalue weighted by Crippen LogP contribution is 2.22. The molecule has 0 aromatic carbocycles. The predicted molar refractivity (Wildman–Crippen MR) is 77.7 cm³/mol. The monoisotopic (exact) mass is 295 g/mol. The Morgan fingerprint density at radius 1 is 1.30 bits per heavy atom. The summed E-state index contributed by atoms with van der Waals surface area (Å²) in [7, 11) is 0. The molecule has 1 aromatic heterocycles. The highest BCUT2D eigenvalue weighted by Gasteiger charge is 2.33. The van der Waals surface area contributed by atoms with Crippen LogP contribution in [0, 0.1) is 6.92 Å². The summed E-state index contributed by atoms with van der Waals surface area (Å²) in [5.41, 5.74) is 6.69. The van der Waals surface area contributed by atoms with Crippen LogP contribution in [0.5, 0.6) is 0 Å². The van der Waals surface area contributed by atoms with Crippen molar-refractivity contribution in [3.8, 4) is 0 Å². The first-order valence-electron chi connectivity index (χ1n) is 7.23. The van der Waals surface area contributed by atoms with Crippen LogP contribution in [0.15, 0.2) is 0 Å². The lowest BCUT2D eigenvalue weighted by Gasteiger charge is -2.34. The van der Waals surface area contributed by atoms with E-state index in [1.807, 2.05) is 11.8 Å². The summed E-state index contributed by atoms with van der Waals surface area (Å²) in [6, 6.07) is 0.851. The summed E-state index contributed by atoms with van der Waals surface area (Å²) < 4.78 is 3.85. The zero-order chi connectivity index (χ0) is 14.1. The molecule has 1 aromatic rings. The lowest BCUT2D eigenvalue weighted by atomic mass is 10.0. The second kappa shape index (κ2) is 5.75. The minimum Gasteiger partial charge on any atom is -0.336 e. The first-order chi connectivity index (χ1) is 9.65. The lowest BCUT2D eigenvalue weighted by molar-refractivity contribution is 0.0773. The van der Waals surface area contributed by atoms with Crippen LogP contribution in [0.1, 0.15) is 34.6 Å². The van der Waals surface area contributed by atoms with Crippen molar-refractivity contribution in [1.29, 1.82) is 0 Å². The smallest absolute Gasteiger partial charge is 0.267 e. The Hall–Kier alpha value is -1.05. The van der Waals surface area contributed by atoms with Gasteiger partial charge in [-0.3, -0.25) is 9.69 Å². The molecule has 0 saturated carbocycles. The number of carbonyl (C=O) groups excluding carboxylic acids is 1. The number of carbonyl (C=O) groups is 1. The van der Waals surface area contributed by atoms with Gasteiger partial charge in [-0.2, -0.15) is 0 Å². The maximum Gasteiger partial charge on any atom is 0.267 e. The van der Waals surface area contributed by atoms with Crippen LogP contribution in [0.25, 0.3) is 0 Å². The largest absolute Gasteiger partial charge is 0.336 e. The molecule has 110 valence electrons. The van der Waals surface area contributed by atoms with Gasteiger partial charge in [0.2, 0.25) is 0 Å². The fraction of sp³-hybridized carbons (Fsp3) is 0.769. The number of nitrogens with zero attached hydrogens (tertiary/aromatic N) is 4. The van der Waals surface area contributed by atoms with Gasteiger partial charge in [0.15, 0.2) is 0 Å². The third-order valence-electron chi connectivity index (χ3n) is 4.39. The number of hydrogen-bond donors (Lipinski definition) is 1. The van der Waals surface area contributed by atoms with E-state index in [0.29, 0.717) is 17.0 Å². The molecule has 2 N–H and O–H groups in total.